The molecule has 1 fully saturated rings. The first-order valence-corrected chi connectivity index (χ1v) is 7.67. The zero-order chi connectivity index (χ0) is 14.8. The molecule has 1 aliphatic heterocycles. The summed E-state index contributed by atoms with van der Waals surface area (Å²) in [5.41, 5.74) is 0.339. The number of benzene rings is 1. The van der Waals surface area contributed by atoms with Crippen molar-refractivity contribution >= 4 is 16.1 Å². The van der Waals surface area contributed by atoms with Gasteiger partial charge in [-0.3, -0.25) is 4.79 Å². The Bertz CT molecular complexity index is 598. The molecule has 20 heavy (non-hydrogen) atoms. The van der Waals surface area contributed by atoms with Crippen LogP contribution in [0.15, 0.2) is 24.3 Å². The molecule has 1 aromatic carbocycles. The van der Waals surface area contributed by atoms with Crippen LogP contribution >= 0.6 is 0 Å². The van der Waals surface area contributed by atoms with Gasteiger partial charge in [-0.15, -0.1) is 0 Å². The molecule has 2 N–H and O–H groups in total. The van der Waals surface area contributed by atoms with E-state index in [1.807, 2.05) is 0 Å². The van der Waals surface area contributed by atoms with Crippen LogP contribution in [0, 0.1) is 5.82 Å². The Labute approximate surface area is 117 Å². The van der Waals surface area contributed by atoms with Crippen molar-refractivity contribution in [2.45, 2.75) is 6.42 Å². The van der Waals surface area contributed by atoms with Gasteiger partial charge in [-0.1, -0.05) is 18.2 Å². The third kappa shape index (κ3) is 3.53. The SMILES string of the molecule is NS(=O)(=O)N1CCN(C(=O)Cc2ccccc2F)CC1. The summed E-state index contributed by atoms with van der Waals surface area (Å²) >= 11 is 0. The van der Waals surface area contributed by atoms with Crippen LogP contribution in [0.4, 0.5) is 4.39 Å². The van der Waals surface area contributed by atoms with Gasteiger partial charge in [0.15, 0.2) is 0 Å². The van der Waals surface area contributed by atoms with E-state index in [4.69, 9.17) is 5.14 Å². The van der Waals surface area contributed by atoms with Crippen molar-refractivity contribution in [1.82, 2.24) is 9.21 Å². The number of nitrogens with two attached hydrogens (primary N) is 1. The smallest absolute Gasteiger partial charge is 0.277 e. The van der Waals surface area contributed by atoms with E-state index in [9.17, 15) is 17.6 Å². The molecule has 8 heteroatoms. The zero-order valence-corrected chi connectivity index (χ0v) is 11.6. The largest absolute Gasteiger partial charge is 0.340 e. The molecule has 1 saturated heterocycles. The maximum Gasteiger partial charge on any atom is 0.277 e. The van der Waals surface area contributed by atoms with Crippen molar-refractivity contribution in [2.75, 3.05) is 26.2 Å². The predicted octanol–water partition coefficient (Wildman–Crippen LogP) is -0.284. The van der Waals surface area contributed by atoms with Crippen LogP contribution in [0.25, 0.3) is 0 Å². The summed E-state index contributed by atoms with van der Waals surface area (Å²) < 4.78 is 36.9. The maximum absolute atomic E-state index is 13.5. The van der Waals surface area contributed by atoms with E-state index in [-0.39, 0.29) is 38.5 Å². The Hall–Kier alpha value is -1.51. The Morgan fingerprint density at radius 2 is 1.80 bits per heavy atom. The highest BCUT2D eigenvalue weighted by Crippen LogP contribution is 2.11. The van der Waals surface area contributed by atoms with E-state index in [0.29, 0.717) is 5.56 Å². The topological polar surface area (TPSA) is 83.7 Å². The first-order chi connectivity index (χ1) is 9.38. The summed E-state index contributed by atoms with van der Waals surface area (Å²) in [6.07, 6.45) is -0.0257. The van der Waals surface area contributed by atoms with Crippen molar-refractivity contribution in [1.29, 1.82) is 0 Å². The molecule has 0 atom stereocenters. The molecule has 1 aromatic rings. The molecule has 0 aromatic heterocycles. The van der Waals surface area contributed by atoms with E-state index in [1.54, 1.807) is 18.2 Å². The molecule has 1 heterocycles. The van der Waals surface area contributed by atoms with Crippen LogP contribution in [-0.2, 0) is 21.4 Å². The minimum Gasteiger partial charge on any atom is -0.340 e. The number of carbonyl (C=O) groups excluding carboxylic acids is 1. The van der Waals surface area contributed by atoms with Crippen LogP contribution in [0.3, 0.4) is 0 Å². The summed E-state index contributed by atoms with van der Waals surface area (Å²) in [5.74, 6) is -0.631. The van der Waals surface area contributed by atoms with E-state index in [0.717, 1.165) is 4.31 Å². The van der Waals surface area contributed by atoms with Gasteiger partial charge in [-0.05, 0) is 11.6 Å². The van der Waals surface area contributed by atoms with Crippen LogP contribution in [0.2, 0.25) is 0 Å². The molecule has 0 saturated carbocycles. The number of rotatable bonds is 3. The molecular formula is C12H16FN3O3S. The number of hydrogen-bond acceptors (Lipinski definition) is 3. The normalized spacial score (nSPS) is 17.2. The van der Waals surface area contributed by atoms with E-state index >= 15 is 0 Å². The third-order valence-electron chi connectivity index (χ3n) is 3.25. The molecule has 1 amide bonds. The van der Waals surface area contributed by atoms with Crippen LogP contribution in [-0.4, -0.2) is 49.7 Å². The minimum absolute atomic E-state index is 0.0257. The van der Waals surface area contributed by atoms with Crippen LogP contribution < -0.4 is 5.14 Å². The third-order valence-corrected chi connectivity index (χ3v) is 4.34. The Morgan fingerprint density at radius 1 is 1.20 bits per heavy atom. The summed E-state index contributed by atoms with van der Waals surface area (Å²) in [6.45, 7) is 0.872. The molecule has 6 nitrogen and oxygen atoms in total. The van der Waals surface area contributed by atoms with E-state index < -0.39 is 16.0 Å². The summed E-state index contributed by atoms with van der Waals surface area (Å²) in [5, 5.41) is 5.02. The van der Waals surface area contributed by atoms with Gasteiger partial charge in [0, 0.05) is 26.2 Å². The number of nitrogens with zero attached hydrogens (tertiary/aromatic N) is 2. The first-order valence-electron chi connectivity index (χ1n) is 6.17. The quantitative estimate of drug-likeness (QED) is 0.833. The summed E-state index contributed by atoms with van der Waals surface area (Å²) in [6, 6.07) is 6.11. The Morgan fingerprint density at radius 3 is 2.35 bits per heavy atom. The monoisotopic (exact) mass is 301 g/mol. The summed E-state index contributed by atoms with van der Waals surface area (Å²) in [4.78, 5) is 13.6. The average molecular weight is 301 g/mol. The van der Waals surface area contributed by atoms with Gasteiger partial charge < -0.3 is 4.90 Å². The molecule has 110 valence electrons. The fourth-order valence-corrected chi connectivity index (χ4v) is 2.78. The average Bonchev–Trinajstić information content (AvgIpc) is 2.40. The molecule has 0 spiro atoms. The van der Waals surface area contributed by atoms with E-state index in [1.165, 1.54) is 11.0 Å². The van der Waals surface area contributed by atoms with Gasteiger partial charge in [0.1, 0.15) is 5.82 Å². The van der Waals surface area contributed by atoms with Gasteiger partial charge in [0.2, 0.25) is 5.91 Å². The second-order valence-corrected chi connectivity index (χ2v) is 6.14. The predicted molar refractivity (Wildman–Crippen MR) is 71.4 cm³/mol. The fraction of sp³-hybridized carbons (Fsp3) is 0.417. The van der Waals surface area contributed by atoms with Gasteiger partial charge in [-0.2, -0.15) is 12.7 Å². The van der Waals surface area contributed by atoms with Crippen molar-refractivity contribution in [3.05, 3.63) is 35.6 Å². The fourth-order valence-electron chi connectivity index (χ4n) is 2.11. The lowest BCUT2D eigenvalue weighted by atomic mass is 10.1. The molecule has 1 aliphatic rings. The lowest BCUT2D eigenvalue weighted by Crippen LogP contribution is -2.52. The second-order valence-electron chi connectivity index (χ2n) is 4.59. The maximum atomic E-state index is 13.5. The van der Waals surface area contributed by atoms with Gasteiger partial charge >= 0.3 is 0 Å². The molecule has 0 unspecified atom stereocenters. The number of hydrogen-bond donors (Lipinski definition) is 1. The standard InChI is InChI=1S/C12H16FN3O3S/c13-11-4-2-1-3-10(11)9-12(17)15-5-7-16(8-6-15)20(14,18)19/h1-4H,5-9H2,(H2,14,18,19). The first kappa shape index (κ1) is 14.9. The van der Waals surface area contributed by atoms with Gasteiger partial charge in [0.05, 0.1) is 6.42 Å². The molecule has 0 aliphatic carbocycles. The van der Waals surface area contributed by atoms with Crippen molar-refractivity contribution < 1.29 is 17.6 Å². The molecule has 2 rings (SSSR count). The van der Waals surface area contributed by atoms with Crippen molar-refractivity contribution in [2.24, 2.45) is 5.14 Å². The minimum atomic E-state index is -3.71. The van der Waals surface area contributed by atoms with Crippen LogP contribution in [0.1, 0.15) is 5.56 Å². The summed E-state index contributed by atoms with van der Waals surface area (Å²) in [7, 11) is -3.71. The Balaban J connectivity index is 1.94. The van der Waals surface area contributed by atoms with E-state index in [2.05, 4.69) is 0 Å². The highest BCUT2D eigenvalue weighted by molar-refractivity contribution is 7.86. The highest BCUT2D eigenvalue weighted by atomic mass is 32.2. The number of halogens is 1. The number of carbonyl (C=O) groups is 1. The molecule has 0 bridgehead atoms. The Kier molecular flexibility index (Phi) is 4.36. The van der Waals surface area contributed by atoms with Crippen LogP contribution in [0.5, 0.6) is 0 Å². The second kappa shape index (κ2) is 5.86. The number of amides is 1. The van der Waals surface area contributed by atoms with Crippen molar-refractivity contribution in [3.8, 4) is 0 Å². The lowest BCUT2D eigenvalue weighted by Gasteiger charge is -2.33. The zero-order valence-electron chi connectivity index (χ0n) is 10.8. The lowest BCUT2D eigenvalue weighted by molar-refractivity contribution is -0.131. The van der Waals surface area contributed by atoms with Gasteiger partial charge in [-0.25, -0.2) is 9.53 Å². The molecule has 0 radical (unpaired) electrons. The van der Waals surface area contributed by atoms with Gasteiger partial charge in [0.25, 0.3) is 10.2 Å². The highest BCUT2D eigenvalue weighted by Gasteiger charge is 2.26. The number of piperazine rings is 1. The molecular weight excluding hydrogens is 285 g/mol. The van der Waals surface area contributed by atoms with Crippen molar-refractivity contribution in [3.63, 3.8) is 0 Å².